The summed E-state index contributed by atoms with van der Waals surface area (Å²) in [7, 11) is 1.32. The van der Waals surface area contributed by atoms with Crippen molar-refractivity contribution in [1.29, 1.82) is 0 Å². The van der Waals surface area contributed by atoms with Gasteiger partial charge < -0.3 is 4.74 Å². The third-order valence-electron chi connectivity index (χ3n) is 3.22. The van der Waals surface area contributed by atoms with E-state index in [9.17, 15) is 9.59 Å². The Kier molecular flexibility index (Phi) is 3.23. The molecule has 1 aromatic carbocycles. The molecule has 0 atom stereocenters. The summed E-state index contributed by atoms with van der Waals surface area (Å²) < 4.78 is 6.36. The van der Waals surface area contributed by atoms with Crippen LogP contribution in [0.1, 0.15) is 26.4 Å². The first kappa shape index (κ1) is 13.1. The topological polar surface area (TPSA) is 60.7 Å². The van der Waals surface area contributed by atoms with Crippen molar-refractivity contribution in [3.05, 3.63) is 71.7 Å². The molecule has 0 saturated carbocycles. The summed E-state index contributed by atoms with van der Waals surface area (Å²) in [6.45, 7) is 0. The molecule has 0 fully saturated rings. The van der Waals surface area contributed by atoms with Crippen molar-refractivity contribution in [3.63, 3.8) is 0 Å². The van der Waals surface area contributed by atoms with E-state index in [0.29, 0.717) is 22.5 Å². The van der Waals surface area contributed by atoms with Crippen LogP contribution < -0.4 is 0 Å². The number of aromatic nitrogens is 2. The van der Waals surface area contributed by atoms with Gasteiger partial charge in [0.2, 0.25) is 5.78 Å². The second kappa shape index (κ2) is 5.20. The van der Waals surface area contributed by atoms with Gasteiger partial charge in [-0.2, -0.15) is 0 Å². The maximum absolute atomic E-state index is 12.5. The van der Waals surface area contributed by atoms with E-state index in [4.69, 9.17) is 0 Å². The number of rotatable bonds is 3. The van der Waals surface area contributed by atoms with Gasteiger partial charge in [0.1, 0.15) is 11.3 Å². The highest BCUT2D eigenvalue weighted by Crippen LogP contribution is 2.13. The van der Waals surface area contributed by atoms with Crippen LogP contribution in [0.25, 0.3) is 5.65 Å². The molecule has 2 heterocycles. The summed E-state index contributed by atoms with van der Waals surface area (Å²) in [5, 5.41) is 0. The quantitative estimate of drug-likeness (QED) is 0.546. The lowest BCUT2D eigenvalue weighted by Crippen LogP contribution is -2.06. The number of hydrogen-bond acceptors (Lipinski definition) is 4. The molecular weight excluding hydrogens is 268 g/mol. The number of carbonyl (C=O) groups is 2. The molecule has 0 aliphatic rings. The highest BCUT2D eigenvalue weighted by atomic mass is 16.5. The number of esters is 1. The Morgan fingerprint density at radius 3 is 2.48 bits per heavy atom. The molecular formula is C16H12N2O3. The van der Waals surface area contributed by atoms with Crippen LogP contribution in [0.2, 0.25) is 0 Å². The van der Waals surface area contributed by atoms with Crippen LogP contribution in [0.15, 0.2) is 54.9 Å². The Morgan fingerprint density at radius 2 is 1.76 bits per heavy atom. The molecule has 0 spiro atoms. The minimum absolute atomic E-state index is 0.148. The molecule has 3 rings (SSSR count). The molecule has 0 aliphatic heterocycles. The number of hydrogen-bond donors (Lipinski definition) is 0. The van der Waals surface area contributed by atoms with E-state index in [1.165, 1.54) is 7.11 Å². The van der Waals surface area contributed by atoms with Gasteiger partial charge in [-0.05, 0) is 24.3 Å². The van der Waals surface area contributed by atoms with Gasteiger partial charge in [0.05, 0.1) is 18.9 Å². The first-order valence-electron chi connectivity index (χ1n) is 6.36. The largest absolute Gasteiger partial charge is 0.465 e. The van der Waals surface area contributed by atoms with Gasteiger partial charge in [0.15, 0.2) is 0 Å². The van der Waals surface area contributed by atoms with Crippen molar-refractivity contribution in [2.24, 2.45) is 0 Å². The lowest BCUT2D eigenvalue weighted by molar-refractivity contribution is 0.0600. The second-order valence-corrected chi connectivity index (χ2v) is 4.47. The third-order valence-corrected chi connectivity index (χ3v) is 3.22. The van der Waals surface area contributed by atoms with Gasteiger partial charge in [-0.15, -0.1) is 0 Å². The lowest BCUT2D eigenvalue weighted by atomic mass is 10.1. The Balaban J connectivity index is 1.97. The van der Waals surface area contributed by atoms with Gasteiger partial charge in [-0.25, -0.2) is 9.78 Å². The average Bonchev–Trinajstić information content (AvgIpc) is 2.97. The van der Waals surface area contributed by atoms with Crippen LogP contribution in [-0.2, 0) is 4.74 Å². The Morgan fingerprint density at radius 1 is 1.05 bits per heavy atom. The summed E-state index contributed by atoms with van der Waals surface area (Å²) in [6, 6.07) is 11.9. The number of carbonyl (C=O) groups excluding carboxylic acids is 2. The Bertz CT molecular complexity index is 819. The van der Waals surface area contributed by atoms with Crippen molar-refractivity contribution >= 4 is 17.4 Å². The maximum atomic E-state index is 12.5. The van der Waals surface area contributed by atoms with Crippen molar-refractivity contribution in [2.45, 2.75) is 0 Å². The van der Waals surface area contributed by atoms with Crippen molar-refractivity contribution in [3.8, 4) is 0 Å². The number of fused-ring (bicyclic) bond motifs is 1. The number of ether oxygens (including phenoxy) is 1. The Labute approximate surface area is 120 Å². The maximum Gasteiger partial charge on any atom is 0.337 e. The van der Waals surface area contributed by atoms with Crippen LogP contribution in [0, 0.1) is 0 Å². The first-order valence-corrected chi connectivity index (χ1v) is 6.36. The lowest BCUT2D eigenvalue weighted by Gasteiger charge is -2.03. The number of pyridine rings is 1. The van der Waals surface area contributed by atoms with E-state index in [0.717, 1.165) is 0 Å². The van der Waals surface area contributed by atoms with E-state index < -0.39 is 5.97 Å². The number of methoxy groups -OCH3 is 1. The standard InChI is InChI=1S/C16H12N2O3/c1-21-16(20)12-7-5-11(6-8-12)15(19)13-10-17-14-4-2-3-9-18(13)14/h2-10H,1H3. The third kappa shape index (κ3) is 2.29. The molecule has 0 bridgehead atoms. The summed E-state index contributed by atoms with van der Waals surface area (Å²) in [5.41, 5.74) is 2.10. The van der Waals surface area contributed by atoms with Gasteiger partial charge in [0.25, 0.3) is 0 Å². The van der Waals surface area contributed by atoms with Crippen molar-refractivity contribution in [2.75, 3.05) is 7.11 Å². The van der Waals surface area contributed by atoms with E-state index in [1.807, 2.05) is 18.2 Å². The smallest absolute Gasteiger partial charge is 0.337 e. The average molecular weight is 280 g/mol. The molecule has 0 amide bonds. The molecule has 0 radical (unpaired) electrons. The SMILES string of the molecule is COC(=O)c1ccc(C(=O)c2cnc3ccccn23)cc1. The minimum Gasteiger partial charge on any atom is -0.465 e. The summed E-state index contributed by atoms with van der Waals surface area (Å²) in [6.07, 6.45) is 3.34. The van der Waals surface area contributed by atoms with Crippen LogP contribution in [0.4, 0.5) is 0 Å². The fourth-order valence-electron chi connectivity index (χ4n) is 2.12. The van der Waals surface area contributed by atoms with E-state index >= 15 is 0 Å². The van der Waals surface area contributed by atoms with Crippen LogP contribution in [0.3, 0.4) is 0 Å². The molecule has 21 heavy (non-hydrogen) atoms. The van der Waals surface area contributed by atoms with Crippen LogP contribution in [-0.4, -0.2) is 28.2 Å². The zero-order chi connectivity index (χ0) is 14.8. The summed E-state index contributed by atoms with van der Waals surface area (Å²) in [4.78, 5) is 28.1. The van der Waals surface area contributed by atoms with Gasteiger partial charge in [-0.3, -0.25) is 9.20 Å². The van der Waals surface area contributed by atoms with E-state index in [2.05, 4.69) is 9.72 Å². The van der Waals surface area contributed by atoms with E-state index in [-0.39, 0.29) is 5.78 Å². The van der Waals surface area contributed by atoms with Gasteiger partial charge in [0, 0.05) is 11.8 Å². The fraction of sp³-hybridized carbons (Fsp3) is 0.0625. The Hall–Kier alpha value is -2.95. The fourth-order valence-corrected chi connectivity index (χ4v) is 2.12. The zero-order valence-electron chi connectivity index (χ0n) is 11.3. The number of ketones is 1. The first-order chi connectivity index (χ1) is 10.2. The minimum atomic E-state index is -0.427. The molecule has 104 valence electrons. The molecule has 5 heteroatoms. The highest BCUT2D eigenvalue weighted by molar-refractivity contribution is 6.08. The zero-order valence-corrected chi connectivity index (χ0v) is 11.3. The van der Waals surface area contributed by atoms with Crippen LogP contribution >= 0.6 is 0 Å². The second-order valence-electron chi connectivity index (χ2n) is 4.47. The molecule has 0 unspecified atom stereocenters. The molecule has 0 saturated heterocycles. The van der Waals surface area contributed by atoms with E-state index in [1.54, 1.807) is 41.1 Å². The van der Waals surface area contributed by atoms with Gasteiger partial charge in [-0.1, -0.05) is 18.2 Å². The van der Waals surface area contributed by atoms with Crippen molar-refractivity contribution in [1.82, 2.24) is 9.38 Å². The predicted octanol–water partition coefficient (Wildman–Crippen LogP) is 2.35. The highest BCUT2D eigenvalue weighted by Gasteiger charge is 2.15. The summed E-state index contributed by atoms with van der Waals surface area (Å²) in [5.74, 6) is -0.575. The number of benzene rings is 1. The molecule has 5 nitrogen and oxygen atoms in total. The molecule has 0 aliphatic carbocycles. The molecule has 2 aromatic heterocycles. The number of nitrogens with zero attached hydrogens (tertiary/aromatic N) is 2. The van der Waals surface area contributed by atoms with Crippen molar-refractivity contribution < 1.29 is 14.3 Å². The molecule has 3 aromatic rings. The normalized spacial score (nSPS) is 10.5. The number of imidazole rings is 1. The molecule has 0 N–H and O–H groups in total. The summed E-state index contributed by atoms with van der Waals surface area (Å²) >= 11 is 0. The monoisotopic (exact) mass is 280 g/mol. The predicted molar refractivity (Wildman–Crippen MR) is 76.4 cm³/mol. The van der Waals surface area contributed by atoms with Gasteiger partial charge >= 0.3 is 5.97 Å². The van der Waals surface area contributed by atoms with Crippen LogP contribution in [0.5, 0.6) is 0 Å².